The lowest BCUT2D eigenvalue weighted by Gasteiger charge is -2.36. The van der Waals surface area contributed by atoms with Gasteiger partial charge in [0.1, 0.15) is 11.6 Å². The van der Waals surface area contributed by atoms with Crippen molar-refractivity contribution in [3.05, 3.63) is 107 Å². The van der Waals surface area contributed by atoms with Crippen LogP contribution in [0.4, 0.5) is 11.8 Å². The first-order valence-electron chi connectivity index (χ1n) is 13.1. The van der Waals surface area contributed by atoms with Gasteiger partial charge in [0, 0.05) is 43.2 Å². The number of aromatic nitrogens is 3. The Labute approximate surface area is 238 Å². The molecule has 1 atom stereocenters. The third-order valence-electron chi connectivity index (χ3n) is 7.12. The molecule has 0 fully saturated rings. The summed E-state index contributed by atoms with van der Waals surface area (Å²) in [5, 5.41) is 0. The van der Waals surface area contributed by atoms with Crippen LogP contribution in [-0.4, -0.2) is 53.5 Å². The summed E-state index contributed by atoms with van der Waals surface area (Å²) in [6.45, 7) is 0.710. The van der Waals surface area contributed by atoms with E-state index in [4.69, 9.17) is 25.7 Å². The van der Waals surface area contributed by atoms with Gasteiger partial charge >= 0.3 is 0 Å². The molecule has 2 aromatic heterocycles. The summed E-state index contributed by atoms with van der Waals surface area (Å²) in [6, 6.07) is 15.3. The molecule has 210 valence electrons. The predicted molar refractivity (Wildman–Crippen MR) is 156 cm³/mol. The highest BCUT2D eigenvalue weighted by Gasteiger charge is 2.29. The second-order valence-corrected chi connectivity index (χ2v) is 9.58. The molecule has 0 saturated heterocycles. The summed E-state index contributed by atoms with van der Waals surface area (Å²) >= 11 is 0. The van der Waals surface area contributed by atoms with Crippen molar-refractivity contribution < 1.29 is 19.0 Å². The van der Waals surface area contributed by atoms with Crippen LogP contribution in [0.1, 0.15) is 44.3 Å². The zero-order valence-electron chi connectivity index (χ0n) is 23.2. The van der Waals surface area contributed by atoms with E-state index in [2.05, 4.69) is 25.9 Å². The molecular weight excluding hydrogens is 520 g/mol. The van der Waals surface area contributed by atoms with Gasteiger partial charge in [0.05, 0.1) is 38.6 Å². The first-order valence-corrected chi connectivity index (χ1v) is 13.1. The molecule has 4 aromatic rings. The van der Waals surface area contributed by atoms with Gasteiger partial charge in [0.15, 0.2) is 17.3 Å². The minimum Gasteiger partial charge on any atom is -0.497 e. The molecular formula is C31H32N6O4. The van der Waals surface area contributed by atoms with E-state index < -0.39 is 0 Å². The zero-order valence-corrected chi connectivity index (χ0v) is 23.2. The number of ether oxygens (including phenoxy) is 3. The van der Waals surface area contributed by atoms with Gasteiger partial charge in [-0.2, -0.15) is 4.98 Å². The van der Waals surface area contributed by atoms with Crippen molar-refractivity contribution in [2.45, 2.75) is 18.9 Å². The molecule has 4 N–H and O–H groups in total. The number of nitrogens with two attached hydrogens (primary N) is 2. The first kappa shape index (κ1) is 27.4. The molecule has 0 radical (unpaired) electrons. The highest BCUT2D eigenvalue weighted by Crippen LogP contribution is 2.37. The van der Waals surface area contributed by atoms with Crippen LogP contribution in [0, 0.1) is 0 Å². The molecule has 1 unspecified atom stereocenters. The van der Waals surface area contributed by atoms with E-state index in [1.165, 1.54) is 19.8 Å². The summed E-state index contributed by atoms with van der Waals surface area (Å²) in [5.74, 6) is 1.70. The Bertz CT molecular complexity index is 1590. The van der Waals surface area contributed by atoms with E-state index in [9.17, 15) is 4.79 Å². The van der Waals surface area contributed by atoms with Crippen LogP contribution in [0.3, 0.4) is 0 Å². The number of nitrogen functional groups attached to an aromatic ring is 2. The molecule has 3 heterocycles. The number of benzene rings is 2. The van der Waals surface area contributed by atoms with E-state index in [0.717, 1.165) is 29.0 Å². The quantitative estimate of drug-likeness (QED) is 0.231. The Kier molecular flexibility index (Phi) is 8.00. The number of anilines is 2. The molecule has 41 heavy (non-hydrogen) atoms. The predicted octanol–water partition coefficient (Wildman–Crippen LogP) is 4.00. The minimum absolute atomic E-state index is 0.0994. The van der Waals surface area contributed by atoms with Crippen LogP contribution in [-0.2, 0) is 12.8 Å². The van der Waals surface area contributed by atoms with E-state index >= 15 is 0 Å². The first-order chi connectivity index (χ1) is 19.9. The molecule has 1 aliphatic heterocycles. The Morgan fingerprint density at radius 1 is 1.05 bits per heavy atom. The van der Waals surface area contributed by atoms with E-state index in [-0.39, 0.29) is 23.6 Å². The number of carbonyl (C=O) groups excluding carboxylic acids is 1. The smallest absolute Gasteiger partial charge is 0.221 e. The second kappa shape index (κ2) is 12.0. The number of fused-ring (bicyclic) bond motifs is 1. The number of rotatable bonds is 9. The summed E-state index contributed by atoms with van der Waals surface area (Å²) < 4.78 is 16.7. The summed E-state index contributed by atoms with van der Waals surface area (Å²) in [4.78, 5) is 28.5. The Balaban J connectivity index is 1.49. The van der Waals surface area contributed by atoms with Crippen LogP contribution >= 0.6 is 0 Å². The number of allylic oxidation sites excluding steroid dienone is 1. The maximum absolute atomic E-state index is 13.7. The molecule has 1 aliphatic rings. The minimum atomic E-state index is -0.236. The number of hydrogen-bond acceptors (Lipinski definition) is 10. The lowest BCUT2D eigenvalue weighted by atomic mass is 9.90. The maximum Gasteiger partial charge on any atom is 0.221 e. The van der Waals surface area contributed by atoms with Gasteiger partial charge in [-0.15, -0.1) is 0 Å². The lowest BCUT2D eigenvalue weighted by molar-refractivity contribution is 0.104. The monoisotopic (exact) mass is 552 g/mol. The van der Waals surface area contributed by atoms with Gasteiger partial charge < -0.3 is 30.6 Å². The van der Waals surface area contributed by atoms with Crippen molar-refractivity contribution in [1.29, 1.82) is 0 Å². The van der Waals surface area contributed by atoms with Gasteiger partial charge in [-0.25, -0.2) is 4.98 Å². The molecule has 10 nitrogen and oxygen atoms in total. The standard InChI is InChI=1S/C31H32N6O4/c1-39-22-8-7-20-9-12-37(28(23(20)17-22)25-6-4-5-11-34-25)13-10-26(38)24-15-19(16-27(40-2)29(24)41-3)14-21-18-35-31(33)36-30(21)32/h4-8,10-11,13,15-18,28H,9,12,14H2,1-3H3,(H4,32,33,35,36)/b13-10+. The molecule has 0 bridgehead atoms. The van der Waals surface area contributed by atoms with E-state index in [1.54, 1.807) is 37.7 Å². The van der Waals surface area contributed by atoms with Crippen LogP contribution in [0.5, 0.6) is 17.2 Å². The molecule has 0 amide bonds. The highest BCUT2D eigenvalue weighted by molar-refractivity contribution is 6.07. The Morgan fingerprint density at radius 3 is 2.61 bits per heavy atom. The number of pyridine rings is 1. The van der Waals surface area contributed by atoms with Gasteiger partial charge in [-0.05, 0) is 59.5 Å². The largest absolute Gasteiger partial charge is 0.497 e. The second-order valence-electron chi connectivity index (χ2n) is 9.58. The summed E-state index contributed by atoms with van der Waals surface area (Å²) in [5.41, 5.74) is 16.7. The average Bonchev–Trinajstić information content (AvgIpc) is 3.00. The zero-order chi connectivity index (χ0) is 28.9. The fraction of sp³-hybridized carbons (Fsp3) is 0.226. The number of hydrogen-bond donors (Lipinski definition) is 2. The normalized spacial score (nSPS) is 14.5. The lowest BCUT2D eigenvalue weighted by Crippen LogP contribution is -2.32. The van der Waals surface area contributed by atoms with Crippen molar-refractivity contribution >= 4 is 17.5 Å². The number of ketones is 1. The average molecular weight is 553 g/mol. The molecule has 2 aromatic carbocycles. The van der Waals surface area contributed by atoms with E-state index in [0.29, 0.717) is 35.6 Å². The Hall–Kier alpha value is -5.12. The van der Waals surface area contributed by atoms with Crippen molar-refractivity contribution in [2.24, 2.45) is 0 Å². The number of nitrogens with zero attached hydrogens (tertiary/aromatic N) is 4. The summed E-state index contributed by atoms with van der Waals surface area (Å²) in [6.07, 6.45) is 7.94. The van der Waals surface area contributed by atoms with Crippen molar-refractivity contribution in [3.8, 4) is 17.2 Å². The van der Waals surface area contributed by atoms with Crippen LogP contribution in [0.2, 0.25) is 0 Å². The molecule has 0 spiro atoms. The highest BCUT2D eigenvalue weighted by atomic mass is 16.5. The number of carbonyl (C=O) groups is 1. The topological polar surface area (TPSA) is 139 Å². The maximum atomic E-state index is 13.7. The fourth-order valence-electron chi connectivity index (χ4n) is 5.12. The molecule has 10 heteroatoms. The van der Waals surface area contributed by atoms with Crippen molar-refractivity contribution in [3.63, 3.8) is 0 Å². The molecule has 0 saturated carbocycles. The fourth-order valence-corrected chi connectivity index (χ4v) is 5.12. The molecule has 0 aliphatic carbocycles. The van der Waals surface area contributed by atoms with Crippen molar-refractivity contribution in [2.75, 3.05) is 39.3 Å². The van der Waals surface area contributed by atoms with Crippen LogP contribution in [0.15, 0.2) is 73.2 Å². The molecule has 5 rings (SSSR count). The summed E-state index contributed by atoms with van der Waals surface area (Å²) in [7, 11) is 4.69. The Morgan fingerprint density at radius 2 is 1.90 bits per heavy atom. The van der Waals surface area contributed by atoms with Crippen LogP contribution < -0.4 is 25.7 Å². The van der Waals surface area contributed by atoms with Gasteiger partial charge in [-0.1, -0.05) is 12.1 Å². The SMILES string of the molecule is COc1ccc2c(c1)C(c1ccccn1)N(/C=C/C(=O)c1cc(Cc3cnc(N)nc3N)cc(OC)c1OC)CC2. The van der Waals surface area contributed by atoms with Crippen molar-refractivity contribution in [1.82, 2.24) is 19.9 Å². The third-order valence-corrected chi connectivity index (χ3v) is 7.12. The number of methoxy groups -OCH3 is 3. The van der Waals surface area contributed by atoms with Gasteiger partial charge in [0.25, 0.3) is 0 Å². The third kappa shape index (κ3) is 5.76. The van der Waals surface area contributed by atoms with Gasteiger partial charge in [0.2, 0.25) is 5.95 Å². The van der Waals surface area contributed by atoms with Crippen LogP contribution in [0.25, 0.3) is 0 Å². The van der Waals surface area contributed by atoms with Gasteiger partial charge in [-0.3, -0.25) is 9.78 Å². The van der Waals surface area contributed by atoms with E-state index in [1.807, 2.05) is 36.5 Å².